The summed E-state index contributed by atoms with van der Waals surface area (Å²) in [7, 11) is 4.12. The number of cyclic esters (lactones) is 1. The molecule has 0 spiro atoms. The van der Waals surface area contributed by atoms with Crippen molar-refractivity contribution in [3.8, 4) is 11.4 Å². The molecule has 1 N–H and O–H groups in total. The highest BCUT2D eigenvalue weighted by Gasteiger charge is 2.38. The van der Waals surface area contributed by atoms with E-state index in [0.29, 0.717) is 35.3 Å². The number of aryl methyl sites for hydroxylation is 1. The zero-order valence-electron chi connectivity index (χ0n) is 24.1. The monoisotopic (exact) mass is 561 g/mol. The first-order chi connectivity index (χ1) is 19.6. The van der Waals surface area contributed by atoms with Crippen molar-refractivity contribution in [1.29, 1.82) is 0 Å². The molecular weight excluding hydrogens is 525 g/mol. The fourth-order valence-electron chi connectivity index (χ4n) is 7.01. The fraction of sp³-hybridized carbons (Fsp3) is 0.500. The van der Waals surface area contributed by atoms with Crippen molar-refractivity contribution < 1.29 is 23.8 Å². The Balaban J connectivity index is 0.000000328. The minimum atomic E-state index is -0.448. The molecule has 7 rings (SSSR count). The molecule has 9 heteroatoms. The highest BCUT2D eigenvalue weighted by Crippen LogP contribution is 2.46. The van der Waals surface area contributed by atoms with Gasteiger partial charge in [0.15, 0.2) is 0 Å². The number of aliphatic hydroxyl groups excluding tert-OH is 1. The molecule has 2 aliphatic heterocycles. The molecule has 0 saturated heterocycles. The smallest absolute Gasteiger partial charge is 0.313 e. The maximum absolute atomic E-state index is 14.8. The molecule has 2 atom stereocenters. The summed E-state index contributed by atoms with van der Waals surface area (Å²) in [4.78, 5) is 43.2. The molecule has 41 heavy (non-hydrogen) atoms. The quantitative estimate of drug-likeness (QED) is 0.293. The summed E-state index contributed by atoms with van der Waals surface area (Å²) in [6.45, 7) is 4.24. The van der Waals surface area contributed by atoms with Gasteiger partial charge in [-0.2, -0.15) is 0 Å². The van der Waals surface area contributed by atoms with Crippen LogP contribution in [0.5, 0.6) is 0 Å². The average molecular weight is 562 g/mol. The lowest BCUT2D eigenvalue weighted by molar-refractivity contribution is -0.148. The predicted molar refractivity (Wildman–Crippen MR) is 152 cm³/mol. The summed E-state index contributed by atoms with van der Waals surface area (Å²) in [5.74, 6) is -0.978. The number of aromatic nitrogens is 2. The van der Waals surface area contributed by atoms with Crippen LogP contribution in [0.1, 0.15) is 84.4 Å². The highest BCUT2D eigenvalue weighted by molar-refractivity contribution is 5.93. The lowest BCUT2D eigenvalue weighted by atomic mass is 9.71. The number of carbonyl (C=O) groups excluding carboxylic acids is 2. The second kappa shape index (κ2) is 10.1. The van der Waals surface area contributed by atoms with Crippen LogP contribution in [0.2, 0.25) is 0 Å². The number of halogens is 1. The van der Waals surface area contributed by atoms with Crippen molar-refractivity contribution in [3.63, 3.8) is 0 Å². The van der Waals surface area contributed by atoms with Crippen molar-refractivity contribution in [2.24, 2.45) is 5.41 Å². The van der Waals surface area contributed by atoms with Gasteiger partial charge in [0.1, 0.15) is 18.7 Å². The van der Waals surface area contributed by atoms with Crippen molar-refractivity contribution in [2.75, 3.05) is 20.7 Å². The van der Waals surface area contributed by atoms with E-state index in [4.69, 9.17) is 14.8 Å². The summed E-state index contributed by atoms with van der Waals surface area (Å²) in [5, 5.41) is 9.64. The van der Waals surface area contributed by atoms with Crippen molar-refractivity contribution in [2.45, 2.75) is 77.5 Å². The second-order valence-electron chi connectivity index (χ2n) is 12.1. The Bertz CT molecular complexity index is 1650. The van der Waals surface area contributed by atoms with E-state index in [1.807, 2.05) is 19.9 Å². The number of fused-ring (bicyclic) bond motifs is 5. The van der Waals surface area contributed by atoms with E-state index in [2.05, 4.69) is 19.0 Å². The topological polar surface area (TPSA) is 102 Å². The van der Waals surface area contributed by atoms with Crippen molar-refractivity contribution in [1.82, 2.24) is 14.5 Å². The largest absolute Gasteiger partial charge is 0.460 e. The molecule has 1 fully saturated rings. The average Bonchev–Trinajstić information content (AvgIpc) is 3.30. The van der Waals surface area contributed by atoms with Gasteiger partial charge in [-0.3, -0.25) is 9.59 Å². The van der Waals surface area contributed by atoms with Crippen LogP contribution in [-0.2, 0) is 33.9 Å². The third-order valence-corrected chi connectivity index (χ3v) is 9.70. The third-order valence-electron chi connectivity index (χ3n) is 9.70. The Morgan fingerprint density at radius 2 is 1.98 bits per heavy atom. The Kier molecular flexibility index (Phi) is 6.85. The Morgan fingerprint density at radius 1 is 1.22 bits per heavy atom. The van der Waals surface area contributed by atoms with Crippen LogP contribution in [0.4, 0.5) is 4.39 Å². The Hall–Kier alpha value is -3.43. The Labute approximate surface area is 238 Å². The first-order valence-corrected chi connectivity index (χ1v) is 14.5. The van der Waals surface area contributed by atoms with Crippen LogP contribution in [0.3, 0.4) is 0 Å². The summed E-state index contributed by atoms with van der Waals surface area (Å²) in [6.07, 6.45) is 6.00. The molecule has 2 unspecified atom stereocenters. The van der Waals surface area contributed by atoms with Crippen LogP contribution in [0.25, 0.3) is 22.3 Å². The van der Waals surface area contributed by atoms with Crippen LogP contribution < -0.4 is 5.56 Å². The minimum Gasteiger partial charge on any atom is -0.460 e. The molecule has 0 radical (unpaired) electrons. The van der Waals surface area contributed by atoms with Gasteiger partial charge in [-0.1, -0.05) is 13.3 Å². The van der Waals surface area contributed by atoms with Gasteiger partial charge in [0.25, 0.3) is 5.56 Å². The number of hydrogen-bond donors (Lipinski definition) is 1. The number of hydrogen-bond acceptors (Lipinski definition) is 7. The van der Waals surface area contributed by atoms with Crippen LogP contribution in [0, 0.1) is 18.2 Å². The van der Waals surface area contributed by atoms with Crippen LogP contribution in [-0.4, -0.2) is 52.5 Å². The minimum absolute atomic E-state index is 0.0112. The lowest BCUT2D eigenvalue weighted by Crippen LogP contribution is -2.34. The number of esters is 1. The maximum Gasteiger partial charge on any atom is 0.313 e. The number of aldehydes is 1. The fourth-order valence-corrected chi connectivity index (χ4v) is 7.01. The van der Waals surface area contributed by atoms with Crippen LogP contribution >= 0.6 is 0 Å². The zero-order chi connectivity index (χ0) is 29.2. The maximum atomic E-state index is 14.8. The molecule has 216 valence electrons. The number of carbonyl (C=O) groups is 2. The molecule has 0 amide bonds. The van der Waals surface area contributed by atoms with Gasteiger partial charge in [0.05, 0.1) is 41.5 Å². The van der Waals surface area contributed by atoms with Gasteiger partial charge in [-0.05, 0) is 81.4 Å². The van der Waals surface area contributed by atoms with Gasteiger partial charge < -0.3 is 24.1 Å². The molecule has 2 aromatic heterocycles. The van der Waals surface area contributed by atoms with E-state index >= 15 is 0 Å². The van der Waals surface area contributed by atoms with Gasteiger partial charge >= 0.3 is 5.97 Å². The molecule has 3 aromatic rings. The van der Waals surface area contributed by atoms with Gasteiger partial charge in [-0.25, -0.2) is 9.37 Å². The molecule has 0 bridgehead atoms. The second-order valence-corrected chi connectivity index (χ2v) is 12.1. The normalized spacial score (nSPS) is 21.3. The summed E-state index contributed by atoms with van der Waals surface area (Å²) >= 11 is 0. The van der Waals surface area contributed by atoms with Gasteiger partial charge in [0, 0.05) is 28.5 Å². The summed E-state index contributed by atoms with van der Waals surface area (Å²) in [6, 6.07) is 3.64. The number of pyridine rings is 2. The standard InChI is InChI=1S/C26H26FN3O3.C6H10O2/c1-5-13-15-8-21-24-16(10-30(21)25(31)17(15)11-33-26(13)32)23-20(29(3)4)7-6-14-12(2)18(27)9-19(28-24)22(14)23;7-4-6(5-8)2-1-3-6/h8-9,13,20H,5-7,10-11H2,1-4H3;4,8H,1-3,5H2. The summed E-state index contributed by atoms with van der Waals surface area (Å²) in [5.41, 5.74) is 6.85. The molecule has 4 heterocycles. The molecule has 8 nitrogen and oxygen atoms in total. The Morgan fingerprint density at radius 3 is 2.56 bits per heavy atom. The number of benzene rings is 1. The van der Waals surface area contributed by atoms with E-state index in [1.54, 1.807) is 4.57 Å². The number of ether oxygens (including phenoxy) is 1. The summed E-state index contributed by atoms with van der Waals surface area (Å²) < 4.78 is 21.9. The first kappa shape index (κ1) is 27.7. The number of aliphatic hydroxyl groups is 1. The lowest BCUT2D eigenvalue weighted by Gasteiger charge is -2.34. The molecule has 2 aliphatic carbocycles. The molecular formula is C32H36FN3O5. The van der Waals surface area contributed by atoms with E-state index in [9.17, 15) is 18.8 Å². The SMILES string of the molecule is CCC1C(=O)OCc2c1cc1n(c2=O)Cc2c-1nc1cc(F)c(C)c3c1c2C(N(C)C)CC3.O=CC1(CO)CCC1. The van der Waals surface area contributed by atoms with Crippen LogP contribution in [0.15, 0.2) is 16.9 Å². The first-order valence-electron chi connectivity index (χ1n) is 14.5. The zero-order valence-corrected chi connectivity index (χ0v) is 24.1. The van der Waals surface area contributed by atoms with E-state index < -0.39 is 5.92 Å². The van der Waals surface area contributed by atoms with E-state index in [1.165, 1.54) is 6.07 Å². The van der Waals surface area contributed by atoms with Crippen molar-refractivity contribution >= 4 is 23.2 Å². The number of nitrogens with zero attached hydrogens (tertiary/aromatic N) is 3. The molecule has 1 saturated carbocycles. The van der Waals surface area contributed by atoms with Gasteiger partial charge in [0.2, 0.25) is 0 Å². The van der Waals surface area contributed by atoms with E-state index in [-0.39, 0.29) is 42.0 Å². The van der Waals surface area contributed by atoms with Crippen molar-refractivity contribution in [3.05, 3.63) is 61.7 Å². The predicted octanol–water partition coefficient (Wildman–Crippen LogP) is 4.32. The third kappa shape index (κ3) is 4.15. The van der Waals surface area contributed by atoms with E-state index in [0.717, 1.165) is 71.7 Å². The number of rotatable bonds is 4. The highest BCUT2D eigenvalue weighted by atomic mass is 19.1. The molecule has 4 aliphatic rings. The van der Waals surface area contributed by atoms with Gasteiger partial charge in [-0.15, -0.1) is 0 Å². The molecule has 1 aromatic carbocycles.